The van der Waals surface area contributed by atoms with E-state index in [1.165, 1.54) is 5.56 Å². The molecule has 3 heteroatoms. The van der Waals surface area contributed by atoms with Crippen LogP contribution in [0.15, 0.2) is 42.6 Å². The van der Waals surface area contributed by atoms with E-state index < -0.39 is 5.60 Å². The molecule has 0 saturated carbocycles. The Balaban J connectivity index is 2.13. The normalized spacial score (nSPS) is 11.3. The molecule has 2 rings (SSSR count). The predicted octanol–water partition coefficient (Wildman–Crippen LogP) is 3.41. The van der Waals surface area contributed by atoms with E-state index in [9.17, 15) is 5.11 Å². The standard InChI is InChI=1S/C15H17NO2/c1-11-4-7-13(8-5-11)18-14-9-6-12(10-16-14)15(2,3)17/h4-10,17H,1-3H3. The van der Waals surface area contributed by atoms with Crippen molar-refractivity contribution in [2.45, 2.75) is 26.4 Å². The molecule has 18 heavy (non-hydrogen) atoms. The minimum Gasteiger partial charge on any atom is -0.439 e. The summed E-state index contributed by atoms with van der Waals surface area (Å²) < 4.78 is 5.61. The number of nitrogens with zero attached hydrogens (tertiary/aromatic N) is 1. The number of rotatable bonds is 3. The Morgan fingerprint density at radius 2 is 1.72 bits per heavy atom. The van der Waals surface area contributed by atoms with Crippen molar-refractivity contribution in [1.29, 1.82) is 0 Å². The van der Waals surface area contributed by atoms with Gasteiger partial charge in [-0.05, 0) is 39.0 Å². The summed E-state index contributed by atoms with van der Waals surface area (Å²) in [6.45, 7) is 5.48. The highest BCUT2D eigenvalue weighted by Crippen LogP contribution is 2.23. The largest absolute Gasteiger partial charge is 0.439 e. The third-order valence-electron chi connectivity index (χ3n) is 2.69. The van der Waals surface area contributed by atoms with Crippen LogP contribution in [0.1, 0.15) is 25.0 Å². The van der Waals surface area contributed by atoms with Gasteiger partial charge in [-0.3, -0.25) is 0 Å². The van der Waals surface area contributed by atoms with Gasteiger partial charge in [0.25, 0.3) is 0 Å². The predicted molar refractivity (Wildman–Crippen MR) is 70.7 cm³/mol. The molecule has 1 aromatic heterocycles. The highest BCUT2D eigenvalue weighted by Gasteiger charge is 2.16. The molecule has 94 valence electrons. The average molecular weight is 243 g/mol. The third kappa shape index (κ3) is 3.08. The fourth-order valence-electron chi connectivity index (χ4n) is 1.53. The smallest absolute Gasteiger partial charge is 0.219 e. The molecule has 0 bridgehead atoms. The van der Waals surface area contributed by atoms with Gasteiger partial charge in [-0.2, -0.15) is 0 Å². The van der Waals surface area contributed by atoms with Crippen LogP contribution in [0.25, 0.3) is 0 Å². The molecule has 0 unspecified atom stereocenters. The van der Waals surface area contributed by atoms with Crippen molar-refractivity contribution in [3.8, 4) is 11.6 Å². The molecule has 3 nitrogen and oxygen atoms in total. The van der Waals surface area contributed by atoms with Crippen LogP contribution in [0.3, 0.4) is 0 Å². The van der Waals surface area contributed by atoms with Crippen molar-refractivity contribution >= 4 is 0 Å². The molecule has 1 heterocycles. The maximum atomic E-state index is 9.82. The molecule has 0 atom stereocenters. The zero-order valence-electron chi connectivity index (χ0n) is 10.8. The molecule has 0 amide bonds. The highest BCUT2D eigenvalue weighted by atomic mass is 16.5. The molecular weight excluding hydrogens is 226 g/mol. The van der Waals surface area contributed by atoms with Gasteiger partial charge >= 0.3 is 0 Å². The maximum Gasteiger partial charge on any atom is 0.219 e. The van der Waals surface area contributed by atoms with Crippen LogP contribution in [0, 0.1) is 6.92 Å². The van der Waals surface area contributed by atoms with E-state index in [0.29, 0.717) is 5.88 Å². The van der Waals surface area contributed by atoms with Gasteiger partial charge in [0.2, 0.25) is 5.88 Å². The first-order chi connectivity index (χ1) is 8.45. The van der Waals surface area contributed by atoms with Crippen LogP contribution in [0.5, 0.6) is 11.6 Å². The molecule has 0 aliphatic heterocycles. The van der Waals surface area contributed by atoms with E-state index in [0.717, 1.165) is 11.3 Å². The van der Waals surface area contributed by atoms with Crippen molar-refractivity contribution in [3.63, 3.8) is 0 Å². The van der Waals surface area contributed by atoms with Crippen LogP contribution in [0.2, 0.25) is 0 Å². The third-order valence-corrected chi connectivity index (χ3v) is 2.69. The number of aliphatic hydroxyl groups is 1. The van der Waals surface area contributed by atoms with Crippen molar-refractivity contribution in [2.75, 3.05) is 0 Å². The summed E-state index contributed by atoms with van der Waals surface area (Å²) in [7, 11) is 0. The Morgan fingerprint density at radius 1 is 1.06 bits per heavy atom. The summed E-state index contributed by atoms with van der Waals surface area (Å²) in [6, 6.07) is 11.4. The van der Waals surface area contributed by atoms with E-state index >= 15 is 0 Å². The summed E-state index contributed by atoms with van der Waals surface area (Å²) in [4.78, 5) is 4.18. The van der Waals surface area contributed by atoms with E-state index in [4.69, 9.17) is 4.74 Å². The van der Waals surface area contributed by atoms with Gasteiger partial charge in [-0.25, -0.2) is 4.98 Å². The molecule has 1 N–H and O–H groups in total. The molecule has 0 radical (unpaired) electrons. The Morgan fingerprint density at radius 3 is 2.22 bits per heavy atom. The number of hydrogen-bond acceptors (Lipinski definition) is 3. The number of benzene rings is 1. The number of ether oxygens (including phenoxy) is 1. The molecule has 2 aromatic rings. The second-order valence-electron chi connectivity index (χ2n) is 4.86. The van der Waals surface area contributed by atoms with Gasteiger partial charge in [0.05, 0.1) is 5.60 Å². The molecular formula is C15H17NO2. The van der Waals surface area contributed by atoms with Crippen LogP contribution in [-0.4, -0.2) is 10.1 Å². The topological polar surface area (TPSA) is 42.4 Å². The lowest BCUT2D eigenvalue weighted by Gasteiger charge is -2.17. The van der Waals surface area contributed by atoms with Gasteiger partial charge in [-0.15, -0.1) is 0 Å². The van der Waals surface area contributed by atoms with Gasteiger partial charge < -0.3 is 9.84 Å². The lowest BCUT2D eigenvalue weighted by molar-refractivity contribution is 0.0781. The summed E-state index contributed by atoms with van der Waals surface area (Å²) >= 11 is 0. The quantitative estimate of drug-likeness (QED) is 0.898. The van der Waals surface area contributed by atoms with Crippen LogP contribution in [0.4, 0.5) is 0 Å². The Labute approximate surface area is 107 Å². The Kier molecular flexibility index (Phi) is 3.34. The van der Waals surface area contributed by atoms with E-state index in [-0.39, 0.29) is 0 Å². The van der Waals surface area contributed by atoms with Crippen molar-refractivity contribution in [2.24, 2.45) is 0 Å². The molecule has 0 fully saturated rings. The second-order valence-corrected chi connectivity index (χ2v) is 4.86. The second kappa shape index (κ2) is 4.78. The maximum absolute atomic E-state index is 9.82. The molecule has 0 aliphatic carbocycles. The van der Waals surface area contributed by atoms with Crippen LogP contribution < -0.4 is 4.74 Å². The van der Waals surface area contributed by atoms with Gasteiger partial charge in [0.15, 0.2) is 0 Å². The van der Waals surface area contributed by atoms with Crippen molar-refractivity contribution in [1.82, 2.24) is 4.98 Å². The first kappa shape index (κ1) is 12.6. The van der Waals surface area contributed by atoms with E-state index in [2.05, 4.69) is 4.98 Å². The zero-order chi connectivity index (χ0) is 13.2. The van der Waals surface area contributed by atoms with Crippen molar-refractivity contribution < 1.29 is 9.84 Å². The first-order valence-electron chi connectivity index (χ1n) is 5.88. The first-order valence-corrected chi connectivity index (χ1v) is 5.88. The van der Waals surface area contributed by atoms with E-state index in [1.54, 1.807) is 26.1 Å². The summed E-state index contributed by atoms with van der Waals surface area (Å²) in [6.07, 6.45) is 1.63. The van der Waals surface area contributed by atoms with Gasteiger partial charge in [0.1, 0.15) is 5.75 Å². The Bertz CT molecular complexity index is 510. The summed E-state index contributed by atoms with van der Waals surface area (Å²) in [5, 5.41) is 9.82. The minimum absolute atomic E-state index is 0.520. The lowest BCUT2D eigenvalue weighted by atomic mass is 10.0. The summed E-state index contributed by atoms with van der Waals surface area (Å²) in [5.41, 5.74) is 1.07. The summed E-state index contributed by atoms with van der Waals surface area (Å²) in [5.74, 6) is 1.27. The van der Waals surface area contributed by atoms with E-state index in [1.807, 2.05) is 37.3 Å². The molecule has 1 aromatic carbocycles. The fourth-order valence-corrected chi connectivity index (χ4v) is 1.53. The number of aryl methyl sites for hydroxylation is 1. The monoisotopic (exact) mass is 243 g/mol. The average Bonchev–Trinajstić information content (AvgIpc) is 2.32. The number of hydrogen-bond donors (Lipinski definition) is 1. The SMILES string of the molecule is Cc1ccc(Oc2ccc(C(C)(C)O)cn2)cc1. The van der Waals surface area contributed by atoms with Crippen LogP contribution in [-0.2, 0) is 5.60 Å². The van der Waals surface area contributed by atoms with Gasteiger partial charge in [0, 0.05) is 17.8 Å². The number of pyridine rings is 1. The number of aromatic nitrogens is 1. The Hall–Kier alpha value is -1.87. The fraction of sp³-hybridized carbons (Fsp3) is 0.267. The van der Waals surface area contributed by atoms with Crippen molar-refractivity contribution in [3.05, 3.63) is 53.7 Å². The molecule has 0 aliphatic rings. The molecule has 0 spiro atoms. The van der Waals surface area contributed by atoms with Crippen LogP contribution >= 0.6 is 0 Å². The zero-order valence-corrected chi connectivity index (χ0v) is 10.8. The minimum atomic E-state index is -0.880. The highest BCUT2D eigenvalue weighted by molar-refractivity contribution is 5.31. The molecule has 0 saturated heterocycles. The lowest BCUT2D eigenvalue weighted by Crippen LogP contribution is -2.15. The van der Waals surface area contributed by atoms with Gasteiger partial charge in [-0.1, -0.05) is 17.7 Å².